The lowest BCUT2D eigenvalue weighted by Crippen LogP contribution is -2.41. The Kier molecular flexibility index (Phi) is 3.63. The number of carbonyl (C=O) groups excluding carboxylic acids is 2. The average molecular weight is 198 g/mol. The number of nitrogens with one attached hydrogen (secondary N) is 1. The highest BCUT2D eigenvalue weighted by Gasteiger charge is 2.37. The average Bonchev–Trinajstić information content (AvgIpc) is 2.32. The second-order valence-electron chi connectivity index (χ2n) is 3.96. The maximum atomic E-state index is 11.7. The Hall–Kier alpha value is -0.900. The first-order chi connectivity index (χ1) is 6.56. The van der Waals surface area contributed by atoms with E-state index in [0.717, 1.165) is 6.42 Å². The fourth-order valence-corrected chi connectivity index (χ4v) is 1.67. The second kappa shape index (κ2) is 4.55. The number of rotatable bonds is 4. The molecule has 1 aliphatic rings. The third kappa shape index (κ3) is 2.32. The Morgan fingerprint density at radius 3 is 2.64 bits per heavy atom. The highest BCUT2D eigenvalue weighted by Crippen LogP contribution is 2.13. The zero-order valence-electron chi connectivity index (χ0n) is 9.04. The van der Waals surface area contributed by atoms with Crippen molar-refractivity contribution in [2.75, 3.05) is 6.54 Å². The Morgan fingerprint density at radius 2 is 2.14 bits per heavy atom. The number of amides is 2. The number of imide groups is 1. The second-order valence-corrected chi connectivity index (χ2v) is 3.96. The van der Waals surface area contributed by atoms with Crippen molar-refractivity contribution in [1.29, 1.82) is 0 Å². The largest absolute Gasteiger partial charge is 0.303 e. The zero-order valence-corrected chi connectivity index (χ0v) is 9.04. The number of hydrogen-bond acceptors (Lipinski definition) is 3. The van der Waals surface area contributed by atoms with Crippen molar-refractivity contribution in [3.63, 3.8) is 0 Å². The van der Waals surface area contributed by atoms with Crippen LogP contribution in [0.2, 0.25) is 0 Å². The topological polar surface area (TPSA) is 49.4 Å². The molecular formula is C10H18N2O2. The molecule has 0 aromatic rings. The van der Waals surface area contributed by atoms with Gasteiger partial charge in [0.1, 0.15) is 0 Å². The minimum atomic E-state index is -0.297. The van der Waals surface area contributed by atoms with Crippen molar-refractivity contribution in [3.8, 4) is 0 Å². The molecule has 0 aromatic carbocycles. The van der Waals surface area contributed by atoms with E-state index in [1.807, 2.05) is 20.8 Å². The van der Waals surface area contributed by atoms with E-state index >= 15 is 0 Å². The van der Waals surface area contributed by atoms with Crippen LogP contribution in [0.4, 0.5) is 0 Å². The lowest BCUT2D eigenvalue weighted by atomic mass is 10.2. The normalized spacial score (nSPS) is 22.6. The molecule has 1 aliphatic heterocycles. The SMILES string of the molecule is CCCN1C(=O)CC(NC(C)C)C1=O. The van der Waals surface area contributed by atoms with Gasteiger partial charge in [-0.2, -0.15) is 0 Å². The van der Waals surface area contributed by atoms with Gasteiger partial charge in [0, 0.05) is 12.6 Å². The molecule has 2 amide bonds. The van der Waals surface area contributed by atoms with Crippen molar-refractivity contribution in [1.82, 2.24) is 10.2 Å². The van der Waals surface area contributed by atoms with Crippen molar-refractivity contribution in [3.05, 3.63) is 0 Å². The van der Waals surface area contributed by atoms with Crippen LogP contribution in [0.15, 0.2) is 0 Å². The molecule has 4 nitrogen and oxygen atoms in total. The molecule has 0 bridgehead atoms. The molecule has 1 heterocycles. The summed E-state index contributed by atoms with van der Waals surface area (Å²) < 4.78 is 0. The summed E-state index contributed by atoms with van der Waals surface area (Å²) in [5.41, 5.74) is 0. The molecule has 0 radical (unpaired) electrons. The lowest BCUT2D eigenvalue weighted by Gasteiger charge is -2.15. The molecule has 1 atom stereocenters. The van der Waals surface area contributed by atoms with Gasteiger partial charge in [-0.05, 0) is 6.42 Å². The van der Waals surface area contributed by atoms with Crippen LogP contribution in [0.25, 0.3) is 0 Å². The predicted molar refractivity (Wildman–Crippen MR) is 53.7 cm³/mol. The van der Waals surface area contributed by atoms with Gasteiger partial charge < -0.3 is 5.32 Å². The molecule has 0 spiro atoms. The molecule has 4 heteroatoms. The summed E-state index contributed by atoms with van der Waals surface area (Å²) in [6.07, 6.45) is 1.14. The van der Waals surface area contributed by atoms with Gasteiger partial charge >= 0.3 is 0 Å². The van der Waals surface area contributed by atoms with E-state index in [4.69, 9.17) is 0 Å². The molecule has 14 heavy (non-hydrogen) atoms. The van der Waals surface area contributed by atoms with E-state index in [1.54, 1.807) is 0 Å². The third-order valence-corrected chi connectivity index (χ3v) is 2.23. The van der Waals surface area contributed by atoms with E-state index < -0.39 is 0 Å². The van der Waals surface area contributed by atoms with E-state index in [1.165, 1.54) is 4.90 Å². The van der Waals surface area contributed by atoms with Crippen molar-refractivity contribution in [2.24, 2.45) is 0 Å². The van der Waals surface area contributed by atoms with Crippen molar-refractivity contribution in [2.45, 2.75) is 45.7 Å². The van der Waals surface area contributed by atoms with E-state index in [-0.39, 0.29) is 23.9 Å². The van der Waals surface area contributed by atoms with Crippen molar-refractivity contribution < 1.29 is 9.59 Å². The molecule has 0 saturated carbocycles. The Morgan fingerprint density at radius 1 is 1.50 bits per heavy atom. The van der Waals surface area contributed by atoms with Crippen LogP contribution in [0, 0.1) is 0 Å². The summed E-state index contributed by atoms with van der Waals surface area (Å²) in [7, 11) is 0. The number of carbonyl (C=O) groups is 2. The zero-order chi connectivity index (χ0) is 10.7. The first kappa shape index (κ1) is 11.2. The number of hydrogen-bond donors (Lipinski definition) is 1. The summed E-state index contributed by atoms with van der Waals surface area (Å²) in [5.74, 6) is -0.111. The summed E-state index contributed by atoms with van der Waals surface area (Å²) in [6.45, 7) is 6.46. The molecule has 1 rings (SSSR count). The van der Waals surface area contributed by atoms with Gasteiger partial charge in [-0.15, -0.1) is 0 Å². The molecular weight excluding hydrogens is 180 g/mol. The van der Waals surface area contributed by atoms with Crippen LogP contribution >= 0.6 is 0 Å². The molecule has 0 aliphatic carbocycles. The molecule has 1 N–H and O–H groups in total. The molecule has 80 valence electrons. The highest BCUT2D eigenvalue weighted by molar-refractivity contribution is 6.05. The van der Waals surface area contributed by atoms with Gasteiger partial charge in [-0.25, -0.2) is 0 Å². The summed E-state index contributed by atoms with van der Waals surface area (Å²) in [6, 6.07) is -0.0626. The van der Waals surface area contributed by atoms with E-state index in [2.05, 4.69) is 5.32 Å². The number of nitrogens with zero attached hydrogens (tertiary/aromatic N) is 1. The molecule has 1 unspecified atom stereocenters. The van der Waals surface area contributed by atoms with Crippen molar-refractivity contribution >= 4 is 11.8 Å². The summed E-state index contributed by atoms with van der Waals surface area (Å²) in [5, 5.41) is 3.10. The highest BCUT2D eigenvalue weighted by atomic mass is 16.2. The fraction of sp³-hybridized carbons (Fsp3) is 0.800. The lowest BCUT2D eigenvalue weighted by molar-refractivity contribution is -0.138. The van der Waals surface area contributed by atoms with Gasteiger partial charge in [0.2, 0.25) is 11.8 Å². The van der Waals surface area contributed by atoms with Crippen LogP contribution in [0.1, 0.15) is 33.6 Å². The van der Waals surface area contributed by atoms with E-state index in [0.29, 0.717) is 13.0 Å². The minimum absolute atomic E-state index is 0.0463. The Bertz CT molecular complexity index is 238. The van der Waals surface area contributed by atoms with Gasteiger partial charge in [-0.3, -0.25) is 14.5 Å². The van der Waals surface area contributed by atoms with Crippen LogP contribution in [0.5, 0.6) is 0 Å². The smallest absolute Gasteiger partial charge is 0.246 e. The predicted octanol–water partition coefficient (Wildman–Crippen LogP) is 0.522. The first-order valence-electron chi connectivity index (χ1n) is 5.16. The molecule has 0 aromatic heterocycles. The third-order valence-electron chi connectivity index (χ3n) is 2.23. The summed E-state index contributed by atoms with van der Waals surface area (Å²) >= 11 is 0. The van der Waals surface area contributed by atoms with E-state index in [9.17, 15) is 9.59 Å². The molecule has 1 fully saturated rings. The van der Waals surface area contributed by atoms with Gasteiger partial charge in [0.05, 0.1) is 12.5 Å². The van der Waals surface area contributed by atoms with Crippen LogP contribution < -0.4 is 5.32 Å². The van der Waals surface area contributed by atoms with Gasteiger partial charge in [-0.1, -0.05) is 20.8 Å². The van der Waals surface area contributed by atoms with Crippen LogP contribution in [-0.2, 0) is 9.59 Å². The maximum absolute atomic E-state index is 11.7. The quantitative estimate of drug-likeness (QED) is 0.670. The maximum Gasteiger partial charge on any atom is 0.246 e. The van der Waals surface area contributed by atoms with Gasteiger partial charge in [0.15, 0.2) is 0 Å². The summed E-state index contributed by atoms with van der Waals surface area (Å²) in [4.78, 5) is 24.5. The molecule has 1 saturated heterocycles. The Balaban J connectivity index is 2.59. The standard InChI is InChI=1S/C10H18N2O2/c1-4-5-12-9(13)6-8(10(12)14)11-7(2)3/h7-8,11H,4-6H2,1-3H3. The first-order valence-corrected chi connectivity index (χ1v) is 5.16. The minimum Gasteiger partial charge on any atom is -0.303 e. The van der Waals surface area contributed by atoms with Crippen LogP contribution in [0.3, 0.4) is 0 Å². The monoisotopic (exact) mass is 198 g/mol. The fourth-order valence-electron chi connectivity index (χ4n) is 1.67. The van der Waals surface area contributed by atoms with Crippen LogP contribution in [-0.4, -0.2) is 35.3 Å². The Labute approximate surface area is 84.7 Å². The number of likely N-dealkylation sites (tertiary alicyclic amines) is 1. The van der Waals surface area contributed by atoms with Gasteiger partial charge in [0.25, 0.3) is 0 Å².